The molecule has 6 N–H and O–H groups in total. The van der Waals surface area contributed by atoms with Gasteiger partial charge in [-0.1, -0.05) is 0 Å². The highest BCUT2D eigenvalue weighted by Gasteiger charge is 2.43. The molecule has 0 amide bonds. The quantitative estimate of drug-likeness (QED) is 0.379. The number of aliphatic hydroxyl groups excluding tert-OH is 3. The molecule has 0 aliphatic carbocycles. The van der Waals surface area contributed by atoms with E-state index in [9.17, 15) is 35.4 Å². The Labute approximate surface area is 176 Å². The average Bonchev–Trinajstić information content (AvgIpc) is 2.73. The molecule has 2 aliphatic heterocycles. The van der Waals surface area contributed by atoms with Crippen molar-refractivity contribution in [2.24, 2.45) is 0 Å². The molecule has 0 radical (unpaired) electrons. The number of ketones is 1. The second-order valence-electron chi connectivity index (χ2n) is 7.60. The van der Waals surface area contributed by atoms with Crippen molar-refractivity contribution in [3.05, 3.63) is 41.5 Å². The minimum absolute atomic E-state index is 0.0527. The number of Topliss-reactive ketones (excluding diaryl/α,β-unsaturated/α-hetero) is 1. The number of ether oxygens (including phenoxy) is 3. The zero-order valence-corrected chi connectivity index (χ0v) is 16.4. The minimum atomic E-state index is -1.50. The summed E-state index contributed by atoms with van der Waals surface area (Å²) in [7, 11) is 0. The van der Waals surface area contributed by atoms with Gasteiger partial charge in [0.05, 0.1) is 18.1 Å². The van der Waals surface area contributed by atoms with E-state index in [-0.39, 0.29) is 29.3 Å². The Morgan fingerprint density at radius 2 is 1.65 bits per heavy atom. The van der Waals surface area contributed by atoms with Gasteiger partial charge in [-0.25, -0.2) is 0 Å². The maximum Gasteiger partial charge on any atom is 0.229 e. The SMILES string of the molecule is CC1OC(Oc2ccc3c(c2)OC(c2cc(O)c(O)c(O)c2)CC3=O)C(O)C(O)C1O. The molecular weight excluding hydrogens is 412 g/mol. The van der Waals surface area contributed by atoms with E-state index in [0.29, 0.717) is 5.56 Å². The van der Waals surface area contributed by atoms with Gasteiger partial charge in [0, 0.05) is 11.6 Å². The molecular formula is C21H22O10. The van der Waals surface area contributed by atoms with Crippen LogP contribution in [-0.2, 0) is 4.74 Å². The van der Waals surface area contributed by atoms with Crippen LogP contribution in [0.1, 0.15) is 35.4 Å². The van der Waals surface area contributed by atoms with Crippen molar-refractivity contribution in [1.82, 2.24) is 0 Å². The van der Waals surface area contributed by atoms with Gasteiger partial charge in [0.15, 0.2) is 23.0 Å². The average molecular weight is 434 g/mol. The largest absolute Gasteiger partial charge is 0.504 e. The number of carbonyl (C=O) groups excluding carboxylic acids is 1. The van der Waals surface area contributed by atoms with Gasteiger partial charge in [0.1, 0.15) is 35.9 Å². The highest BCUT2D eigenvalue weighted by Crippen LogP contribution is 2.42. The number of carbonyl (C=O) groups is 1. The molecule has 2 aromatic carbocycles. The monoisotopic (exact) mass is 434 g/mol. The first-order valence-electron chi connectivity index (χ1n) is 9.60. The molecule has 2 aliphatic rings. The summed E-state index contributed by atoms with van der Waals surface area (Å²) in [5, 5.41) is 58.8. The predicted octanol–water partition coefficient (Wildman–Crippen LogP) is 0.716. The number of phenolic OH excluding ortho intramolecular Hbond substituents is 3. The lowest BCUT2D eigenvalue weighted by Crippen LogP contribution is -2.58. The van der Waals surface area contributed by atoms with Gasteiger partial charge < -0.3 is 44.8 Å². The lowest BCUT2D eigenvalue weighted by Gasteiger charge is -2.39. The van der Waals surface area contributed by atoms with Crippen molar-refractivity contribution in [2.75, 3.05) is 0 Å². The Morgan fingerprint density at radius 1 is 0.968 bits per heavy atom. The van der Waals surface area contributed by atoms with Crippen LogP contribution in [0.2, 0.25) is 0 Å². The first-order chi connectivity index (χ1) is 14.7. The number of benzene rings is 2. The fourth-order valence-corrected chi connectivity index (χ4v) is 3.62. The van der Waals surface area contributed by atoms with Crippen molar-refractivity contribution in [2.45, 2.75) is 50.2 Å². The molecule has 31 heavy (non-hydrogen) atoms. The molecule has 10 heteroatoms. The summed E-state index contributed by atoms with van der Waals surface area (Å²) >= 11 is 0. The standard InChI is InChI=1S/C21H22O10/c1-8-17(25)19(27)20(28)21(29-8)30-10-2-3-11-12(22)7-15(31-16(11)6-10)9-4-13(23)18(26)14(24)5-9/h2-6,8,15,17,19-21,23-28H,7H2,1H3. The highest BCUT2D eigenvalue weighted by atomic mass is 16.7. The van der Waals surface area contributed by atoms with Gasteiger partial charge in [-0.05, 0) is 31.2 Å². The number of phenols is 3. The number of rotatable bonds is 3. The first kappa shape index (κ1) is 21.2. The third-order valence-corrected chi connectivity index (χ3v) is 5.42. The summed E-state index contributed by atoms with van der Waals surface area (Å²) < 4.78 is 16.9. The molecule has 2 heterocycles. The predicted molar refractivity (Wildman–Crippen MR) is 103 cm³/mol. The van der Waals surface area contributed by atoms with Crippen LogP contribution < -0.4 is 9.47 Å². The summed E-state index contributed by atoms with van der Waals surface area (Å²) in [6.45, 7) is 1.53. The van der Waals surface area contributed by atoms with Gasteiger partial charge in [-0.15, -0.1) is 0 Å². The van der Waals surface area contributed by atoms with E-state index in [2.05, 4.69) is 0 Å². The van der Waals surface area contributed by atoms with E-state index in [1.165, 1.54) is 37.3 Å². The van der Waals surface area contributed by atoms with Crippen LogP contribution in [0.25, 0.3) is 0 Å². The summed E-state index contributed by atoms with van der Waals surface area (Å²) in [6, 6.07) is 6.77. The van der Waals surface area contributed by atoms with Crippen LogP contribution in [0.3, 0.4) is 0 Å². The van der Waals surface area contributed by atoms with Crippen LogP contribution >= 0.6 is 0 Å². The Bertz CT molecular complexity index is 983. The van der Waals surface area contributed by atoms with E-state index >= 15 is 0 Å². The Morgan fingerprint density at radius 3 is 2.32 bits per heavy atom. The van der Waals surface area contributed by atoms with Gasteiger partial charge in [0.25, 0.3) is 0 Å². The van der Waals surface area contributed by atoms with Crippen LogP contribution in [0.5, 0.6) is 28.7 Å². The number of aromatic hydroxyl groups is 3. The third-order valence-electron chi connectivity index (χ3n) is 5.42. The van der Waals surface area contributed by atoms with Crippen molar-refractivity contribution < 1.29 is 49.6 Å². The lowest BCUT2D eigenvalue weighted by atomic mass is 9.95. The maximum absolute atomic E-state index is 12.6. The summed E-state index contributed by atoms with van der Waals surface area (Å²) in [4.78, 5) is 12.6. The first-order valence-corrected chi connectivity index (χ1v) is 9.60. The molecule has 6 atom stereocenters. The number of aliphatic hydroxyl groups is 3. The molecule has 0 aromatic heterocycles. The zero-order valence-electron chi connectivity index (χ0n) is 16.4. The molecule has 10 nitrogen and oxygen atoms in total. The molecule has 166 valence electrons. The Hall–Kier alpha value is -3.05. The second-order valence-corrected chi connectivity index (χ2v) is 7.60. The van der Waals surface area contributed by atoms with Crippen LogP contribution in [0.15, 0.2) is 30.3 Å². The third kappa shape index (κ3) is 3.86. The molecule has 4 rings (SSSR count). The fourth-order valence-electron chi connectivity index (χ4n) is 3.62. The minimum Gasteiger partial charge on any atom is -0.504 e. The van der Waals surface area contributed by atoms with Gasteiger partial charge in [-0.3, -0.25) is 4.79 Å². The zero-order chi connectivity index (χ0) is 22.4. The summed E-state index contributed by atoms with van der Waals surface area (Å²) in [6.07, 6.45) is -7.14. The van der Waals surface area contributed by atoms with Gasteiger partial charge in [0.2, 0.25) is 6.29 Å². The van der Waals surface area contributed by atoms with E-state index in [4.69, 9.17) is 14.2 Å². The number of hydrogen-bond acceptors (Lipinski definition) is 10. The van der Waals surface area contributed by atoms with Crippen molar-refractivity contribution >= 4 is 5.78 Å². The van der Waals surface area contributed by atoms with Crippen molar-refractivity contribution in [1.29, 1.82) is 0 Å². The highest BCUT2D eigenvalue weighted by molar-refractivity contribution is 6.00. The van der Waals surface area contributed by atoms with E-state index < -0.39 is 54.1 Å². The van der Waals surface area contributed by atoms with Crippen molar-refractivity contribution in [3.8, 4) is 28.7 Å². The van der Waals surface area contributed by atoms with Gasteiger partial charge >= 0.3 is 0 Å². The molecule has 0 spiro atoms. The van der Waals surface area contributed by atoms with Crippen LogP contribution in [0, 0.1) is 0 Å². The lowest BCUT2D eigenvalue weighted by molar-refractivity contribution is -0.268. The molecule has 0 saturated carbocycles. The molecule has 6 unspecified atom stereocenters. The molecule has 0 bridgehead atoms. The maximum atomic E-state index is 12.6. The van der Waals surface area contributed by atoms with E-state index in [1.54, 1.807) is 0 Å². The summed E-state index contributed by atoms with van der Waals surface area (Å²) in [5.41, 5.74) is 0.583. The second kappa shape index (κ2) is 7.89. The summed E-state index contributed by atoms with van der Waals surface area (Å²) in [5.74, 6) is -1.66. The molecule has 2 aromatic rings. The normalized spacial score (nSPS) is 30.4. The topological polar surface area (TPSA) is 166 Å². The van der Waals surface area contributed by atoms with Crippen LogP contribution in [0.4, 0.5) is 0 Å². The number of hydrogen-bond donors (Lipinski definition) is 6. The van der Waals surface area contributed by atoms with Crippen molar-refractivity contribution in [3.63, 3.8) is 0 Å². The molecule has 1 fully saturated rings. The Kier molecular flexibility index (Phi) is 5.40. The Balaban J connectivity index is 1.57. The smallest absolute Gasteiger partial charge is 0.229 e. The fraction of sp³-hybridized carbons (Fsp3) is 0.381. The molecule has 1 saturated heterocycles. The van der Waals surface area contributed by atoms with Gasteiger partial charge in [-0.2, -0.15) is 0 Å². The number of fused-ring (bicyclic) bond motifs is 1. The van der Waals surface area contributed by atoms with E-state index in [0.717, 1.165) is 0 Å². The van der Waals surface area contributed by atoms with Crippen LogP contribution in [-0.4, -0.2) is 67.1 Å². The van der Waals surface area contributed by atoms with E-state index in [1.807, 2.05) is 0 Å².